The average molecular weight is 610 g/mol. The number of methoxy groups -OCH3 is 1. The van der Waals surface area contributed by atoms with E-state index in [1.54, 1.807) is 12.1 Å². The van der Waals surface area contributed by atoms with E-state index in [-0.39, 0.29) is 43.5 Å². The van der Waals surface area contributed by atoms with Gasteiger partial charge in [-0.15, -0.1) is 0 Å². The summed E-state index contributed by atoms with van der Waals surface area (Å²) in [5.74, 6) is 0.467. The second kappa shape index (κ2) is 12.2. The van der Waals surface area contributed by atoms with Gasteiger partial charge in [0.05, 0.1) is 32.9 Å². The average Bonchev–Trinajstić information content (AvgIpc) is 2.86. The zero-order valence-corrected chi connectivity index (χ0v) is 23.7. The van der Waals surface area contributed by atoms with Gasteiger partial charge in [-0.2, -0.15) is 0 Å². The molecule has 0 aliphatic rings. The van der Waals surface area contributed by atoms with Gasteiger partial charge in [0.2, 0.25) is 0 Å². The Morgan fingerprint density at radius 2 is 1.72 bits per heavy atom. The summed E-state index contributed by atoms with van der Waals surface area (Å²) < 4.78 is 41.5. The Morgan fingerprint density at radius 1 is 1.08 bits per heavy atom. The highest BCUT2D eigenvalue weighted by Gasteiger charge is 2.25. The minimum atomic E-state index is -4.16. The van der Waals surface area contributed by atoms with Gasteiger partial charge in [-0.25, -0.2) is 13.2 Å². The van der Waals surface area contributed by atoms with Gasteiger partial charge in [0.15, 0.2) is 9.84 Å². The van der Waals surface area contributed by atoms with Crippen molar-refractivity contribution in [1.29, 1.82) is 0 Å². The van der Waals surface area contributed by atoms with Crippen LogP contribution in [-0.2, 0) is 25.6 Å². The quantitative estimate of drug-likeness (QED) is 0.258. The van der Waals surface area contributed by atoms with E-state index in [0.29, 0.717) is 5.56 Å². The molecule has 0 aliphatic carbocycles. The maximum absolute atomic E-state index is 12.9. The van der Waals surface area contributed by atoms with Crippen molar-refractivity contribution in [3.8, 4) is 17.3 Å². The van der Waals surface area contributed by atoms with Crippen LogP contribution in [0.1, 0.15) is 21.5 Å². The highest BCUT2D eigenvalue weighted by atomic mass is 35.5. The van der Waals surface area contributed by atoms with Gasteiger partial charge in [0.1, 0.15) is 11.8 Å². The third kappa shape index (κ3) is 7.63. The Bertz CT molecular complexity index is 1640. The molecule has 3 aromatic rings. The highest BCUT2D eigenvalue weighted by molar-refractivity contribution is 7.90. The summed E-state index contributed by atoms with van der Waals surface area (Å²) in [5, 5.41) is 11.7. The van der Waals surface area contributed by atoms with Crippen LogP contribution >= 0.6 is 30.6 Å². The Hall–Kier alpha value is -3.32. The van der Waals surface area contributed by atoms with Gasteiger partial charge in [-0.1, -0.05) is 53.4 Å². The van der Waals surface area contributed by atoms with Crippen LogP contribution < -0.4 is 15.4 Å². The topological polar surface area (TPSA) is 147 Å². The van der Waals surface area contributed by atoms with Crippen molar-refractivity contribution in [2.75, 3.05) is 13.4 Å². The van der Waals surface area contributed by atoms with Gasteiger partial charge < -0.3 is 20.1 Å². The second-order valence-electron chi connectivity index (χ2n) is 8.29. The zero-order chi connectivity index (χ0) is 29.0. The number of hydrogen-bond acceptors (Lipinski definition) is 6. The number of para-hydroxylation sites is 1. The maximum Gasteiger partial charge on any atom is 0.326 e. The van der Waals surface area contributed by atoms with Gasteiger partial charge >= 0.3 is 13.3 Å². The minimum absolute atomic E-state index is 0.00924. The summed E-state index contributed by atoms with van der Waals surface area (Å²) in [5.41, 5.74) is 2.59. The minimum Gasteiger partial charge on any atom is -0.496 e. The van der Waals surface area contributed by atoms with E-state index in [9.17, 15) is 32.6 Å². The normalized spacial score (nSPS) is 13.4. The number of hydrogen-bond donors (Lipinski definition) is 3. The highest BCUT2D eigenvalue weighted by Crippen LogP contribution is 2.41. The van der Waals surface area contributed by atoms with Crippen LogP contribution in [0.5, 0.6) is 5.75 Å². The molecule has 3 rings (SSSR count). The number of halogens is 2. The van der Waals surface area contributed by atoms with Crippen LogP contribution in [-0.4, -0.2) is 49.7 Å². The first-order valence-corrected chi connectivity index (χ1v) is 15.3. The van der Waals surface area contributed by atoms with Crippen molar-refractivity contribution >= 4 is 57.6 Å². The number of aliphatic carboxylic acids is 1. The molecule has 13 heteroatoms. The summed E-state index contributed by atoms with van der Waals surface area (Å²) in [7, 11) is -6.32. The van der Waals surface area contributed by atoms with Gasteiger partial charge in [0, 0.05) is 18.2 Å². The molecule has 0 saturated carbocycles. The lowest BCUT2D eigenvalue weighted by atomic mass is 10.0. The lowest BCUT2D eigenvalue weighted by Crippen LogP contribution is -2.42. The Morgan fingerprint density at radius 3 is 2.31 bits per heavy atom. The number of carbonyl (C=O) groups excluding carboxylic acids is 1. The number of carboxylic acids is 1. The predicted octanol–water partition coefficient (Wildman–Crippen LogP) is 3.74. The molecule has 0 heterocycles. The molecule has 2 unspecified atom stereocenters. The number of nitrogens with one attached hydrogen (secondary N) is 1. The SMILES string of the molecule is COc1ccccc1P(=O)(O)C#Cc1cc(Cl)c(C(=O)NC(Cc2cccc(S(C)(=O)=O)c2)C(=O)O)c(Cl)c1. The van der Waals surface area contributed by atoms with Crippen molar-refractivity contribution in [3.63, 3.8) is 0 Å². The molecular weight excluding hydrogens is 588 g/mol. The van der Waals surface area contributed by atoms with Crippen molar-refractivity contribution in [2.24, 2.45) is 0 Å². The Balaban J connectivity index is 1.85. The summed E-state index contributed by atoms with van der Waals surface area (Å²) in [4.78, 5) is 35.2. The summed E-state index contributed by atoms with van der Waals surface area (Å²) in [6.45, 7) is 0. The number of ether oxygens (including phenoxy) is 1. The fraction of sp³-hybridized carbons (Fsp3) is 0.154. The molecule has 0 aliphatic heterocycles. The fourth-order valence-corrected chi connectivity index (χ4v) is 6.02. The fourth-order valence-electron chi connectivity index (χ4n) is 3.51. The number of rotatable bonds is 8. The molecule has 2 atom stereocenters. The van der Waals surface area contributed by atoms with Crippen molar-refractivity contribution in [2.45, 2.75) is 17.4 Å². The monoisotopic (exact) mass is 609 g/mol. The molecule has 0 aromatic heterocycles. The first kappa shape index (κ1) is 30.2. The molecule has 0 radical (unpaired) electrons. The molecular formula is C26H22Cl2NO8PS. The van der Waals surface area contributed by atoms with E-state index in [4.69, 9.17) is 27.9 Å². The molecule has 0 saturated heterocycles. The smallest absolute Gasteiger partial charge is 0.326 e. The van der Waals surface area contributed by atoms with Crippen LogP contribution in [0.25, 0.3) is 0 Å². The van der Waals surface area contributed by atoms with E-state index < -0.39 is 35.1 Å². The second-order valence-corrected chi connectivity index (χ2v) is 13.0. The van der Waals surface area contributed by atoms with E-state index in [2.05, 4.69) is 16.9 Å². The number of amides is 1. The first-order valence-electron chi connectivity index (χ1n) is 11.0. The van der Waals surface area contributed by atoms with E-state index in [1.165, 1.54) is 55.6 Å². The molecule has 3 aromatic carbocycles. The third-order valence-corrected chi connectivity index (χ3v) is 8.55. The van der Waals surface area contributed by atoms with E-state index in [1.807, 2.05) is 0 Å². The summed E-state index contributed by atoms with van der Waals surface area (Å²) in [6, 6.07) is 12.9. The van der Waals surface area contributed by atoms with Crippen LogP contribution in [0.15, 0.2) is 65.6 Å². The van der Waals surface area contributed by atoms with Gasteiger partial charge in [-0.05, 0) is 47.6 Å². The van der Waals surface area contributed by atoms with Crippen molar-refractivity contribution in [3.05, 3.63) is 87.4 Å². The zero-order valence-electron chi connectivity index (χ0n) is 20.5. The van der Waals surface area contributed by atoms with E-state index >= 15 is 0 Å². The van der Waals surface area contributed by atoms with Crippen LogP contribution in [0.2, 0.25) is 10.0 Å². The van der Waals surface area contributed by atoms with Gasteiger partial charge in [-0.3, -0.25) is 9.36 Å². The third-order valence-electron chi connectivity index (χ3n) is 5.40. The van der Waals surface area contributed by atoms with Gasteiger partial charge in [0.25, 0.3) is 5.91 Å². The number of sulfone groups is 1. The van der Waals surface area contributed by atoms with Crippen LogP contribution in [0, 0.1) is 11.6 Å². The molecule has 0 fully saturated rings. The Labute approximate surface area is 235 Å². The summed E-state index contributed by atoms with van der Waals surface area (Å²) >= 11 is 12.5. The number of carboxylic acid groups (broad SMARTS) is 1. The molecule has 1 amide bonds. The Kier molecular flexibility index (Phi) is 9.49. The van der Waals surface area contributed by atoms with Crippen LogP contribution in [0.4, 0.5) is 0 Å². The number of carbonyl (C=O) groups is 2. The van der Waals surface area contributed by atoms with Crippen LogP contribution in [0.3, 0.4) is 0 Å². The molecule has 39 heavy (non-hydrogen) atoms. The lowest BCUT2D eigenvalue weighted by molar-refractivity contribution is -0.139. The molecule has 0 spiro atoms. The largest absolute Gasteiger partial charge is 0.496 e. The van der Waals surface area contributed by atoms with Crippen molar-refractivity contribution < 1.29 is 37.3 Å². The van der Waals surface area contributed by atoms with E-state index in [0.717, 1.165) is 6.26 Å². The predicted molar refractivity (Wildman–Crippen MR) is 148 cm³/mol. The molecule has 3 N–H and O–H groups in total. The molecule has 204 valence electrons. The first-order chi connectivity index (χ1) is 18.2. The molecule has 0 bridgehead atoms. The molecule has 9 nitrogen and oxygen atoms in total. The standard InChI is InChI=1S/C26H22Cl2NO8PS/c1-37-22-8-3-4-9-23(22)38(33,34)11-10-17-13-19(27)24(20(28)14-17)25(30)29-21(26(31)32)15-16-6-5-7-18(12-16)39(2,35)36/h3-9,12-14,21H,15H2,1-2H3,(H,29,30)(H,31,32)(H,33,34). The lowest BCUT2D eigenvalue weighted by Gasteiger charge is -2.16. The maximum atomic E-state index is 12.9. The number of benzene rings is 3. The summed E-state index contributed by atoms with van der Waals surface area (Å²) in [6.07, 6.45) is 0.816. The van der Waals surface area contributed by atoms with Crippen molar-refractivity contribution in [1.82, 2.24) is 5.32 Å².